The van der Waals surface area contributed by atoms with Gasteiger partial charge >= 0.3 is 6.03 Å². The summed E-state index contributed by atoms with van der Waals surface area (Å²) in [6.45, 7) is 1.72. The molecule has 2 rings (SSSR count). The zero-order valence-electron chi connectivity index (χ0n) is 9.77. The molecule has 2 N–H and O–H groups in total. The first-order chi connectivity index (χ1) is 8.11. The van der Waals surface area contributed by atoms with Crippen LogP contribution in [0.3, 0.4) is 0 Å². The highest BCUT2D eigenvalue weighted by molar-refractivity contribution is 5.92. The van der Waals surface area contributed by atoms with Crippen LogP contribution in [0.15, 0.2) is 24.3 Å². The lowest BCUT2D eigenvalue weighted by Crippen LogP contribution is -2.53. The van der Waals surface area contributed by atoms with Crippen LogP contribution in [0.25, 0.3) is 0 Å². The minimum atomic E-state index is -0.340. The average Bonchev–Trinajstić information content (AvgIpc) is 2.32. The number of amides is 2. The van der Waals surface area contributed by atoms with Gasteiger partial charge in [-0.1, -0.05) is 6.07 Å². The number of carbonyl (C=O) groups is 1. The van der Waals surface area contributed by atoms with E-state index in [1.54, 1.807) is 29.0 Å². The lowest BCUT2D eigenvalue weighted by atomic mass is 10.1. The number of halogens is 1. The topological polar surface area (TPSA) is 49.6 Å². The lowest BCUT2D eigenvalue weighted by Gasteiger charge is -2.37. The highest BCUT2D eigenvalue weighted by atomic mass is 19.1. The molecule has 0 radical (unpaired) electrons. The molecule has 1 aliphatic heterocycles. The Morgan fingerprint density at radius 2 is 2.24 bits per heavy atom. The predicted molar refractivity (Wildman–Crippen MR) is 64.3 cm³/mol. The van der Waals surface area contributed by atoms with E-state index in [-0.39, 0.29) is 17.8 Å². The summed E-state index contributed by atoms with van der Waals surface area (Å²) >= 11 is 0. The summed E-state index contributed by atoms with van der Waals surface area (Å²) in [7, 11) is 1.73. The van der Waals surface area contributed by atoms with Crippen molar-refractivity contribution in [2.45, 2.75) is 0 Å². The Morgan fingerprint density at radius 1 is 1.47 bits per heavy atom. The fourth-order valence-electron chi connectivity index (χ4n) is 2.07. The number of urea groups is 1. The van der Waals surface area contributed by atoms with Crippen LogP contribution in [0.2, 0.25) is 0 Å². The van der Waals surface area contributed by atoms with Gasteiger partial charge in [-0.3, -0.25) is 4.90 Å². The normalized spacial score (nSPS) is 20.9. The van der Waals surface area contributed by atoms with Gasteiger partial charge in [0.2, 0.25) is 0 Å². The summed E-state index contributed by atoms with van der Waals surface area (Å²) in [6, 6.07) is 5.95. The molecule has 1 aliphatic rings. The van der Waals surface area contributed by atoms with E-state index in [0.29, 0.717) is 25.3 Å². The molecule has 0 aromatic heterocycles. The monoisotopic (exact) mass is 237 g/mol. The van der Waals surface area contributed by atoms with Crippen molar-refractivity contribution in [3.63, 3.8) is 0 Å². The molecule has 2 amide bonds. The van der Waals surface area contributed by atoms with Gasteiger partial charge in [-0.05, 0) is 24.7 Å². The van der Waals surface area contributed by atoms with Gasteiger partial charge in [-0.15, -0.1) is 0 Å². The first-order valence-electron chi connectivity index (χ1n) is 5.60. The van der Waals surface area contributed by atoms with Crippen molar-refractivity contribution < 1.29 is 9.18 Å². The molecular formula is C12H16FN3O. The van der Waals surface area contributed by atoms with Gasteiger partial charge in [0.1, 0.15) is 5.82 Å². The van der Waals surface area contributed by atoms with Gasteiger partial charge in [0, 0.05) is 31.7 Å². The third-order valence-corrected chi connectivity index (χ3v) is 2.98. The van der Waals surface area contributed by atoms with Gasteiger partial charge in [-0.2, -0.15) is 0 Å². The Balaban J connectivity index is 2.26. The third kappa shape index (κ3) is 2.39. The molecule has 1 unspecified atom stereocenters. The maximum absolute atomic E-state index is 13.1. The van der Waals surface area contributed by atoms with Gasteiger partial charge < -0.3 is 10.6 Å². The van der Waals surface area contributed by atoms with E-state index in [1.165, 1.54) is 12.1 Å². The number of hydrogen-bond acceptors (Lipinski definition) is 2. The highest BCUT2D eigenvalue weighted by Crippen LogP contribution is 2.22. The summed E-state index contributed by atoms with van der Waals surface area (Å²) in [5, 5.41) is 0. The smallest absolute Gasteiger partial charge is 0.324 e. The van der Waals surface area contributed by atoms with Crippen LogP contribution in [0.1, 0.15) is 0 Å². The summed E-state index contributed by atoms with van der Waals surface area (Å²) in [6.07, 6.45) is 0. The van der Waals surface area contributed by atoms with Crippen molar-refractivity contribution in [2.75, 3.05) is 31.6 Å². The number of carbonyl (C=O) groups excluding carboxylic acids is 1. The number of nitrogens with two attached hydrogens (primary N) is 1. The van der Waals surface area contributed by atoms with E-state index in [2.05, 4.69) is 0 Å². The number of rotatable bonds is 2. The molecule has 1 atom stereocenters. The van der Waals surface area contributed by atoms with Crippen molar-refractivity contribution in [1.82, 2.24) is 4.90 Å². The summed E-state index contributed by atoms with van der Waals surface area (Å²) < 4.78 is 13.1. The summed E-state index contributed by atoms with van der Waals surface area (Å²) in [5.41, 5.74) is 6.23. The predicted octanol–water partition coefficient (Wildman–Crippen LogP) is 1.27. The molecule has 4 nitrogen and oxygen atoms in total. The molecule has 0 saturated carbocycles. The fraction of sp³-hybridized carbons (Fsp3) is 0.417. The molecule has 17 heavy (non-hydrogen) atoms. The Morgan fingerprint density at radius 3 is 2.88 bits per heavy atom. The van der Waals surface area contributed by atoms with Crippen LogP contribution < -0.4 is 10.6 Å². The molecule has 0 aliphatic carbocycles. The zero-order valence-corrected chi connectivity index (χ0v) is 9.77. The summed E-state index contributed by atoms with van der Waals surface area (Å²) in [4.78, 5) is 15.2. The fourth-order valence-corrected chi connectivity index (χ4v) is 2.07. The third-order valence-electron chi connectivity index (χ3n) is 2.98. The van der Waals surface area contributed by atoms with Crippen molar-refractivity contribution in [1.29, 1.82) is 0 Å². The van der Waals surface area contributed by atoms with E-state index in [0.717, 1.165) is 0 Å². The van der Waals surface area contributed by atoms with Gasteiger partial charge in [0.25, 0.3) is 0 Å². The second kappa shape index (κ2) is 4.71. The van der Waals surface area contributed by atoms with Crippen molar-refractivity contribution in [3.05, 3.63) is 30.1 Å². The molecule has 92 valence electrons. The molecule has 0 spiro atoms. The Kier molecular flexibility index (Phi) is 3.28. The number of nitrogens with zero attached hydrogens (tertiary/aromatic N) is 2. The van der Waals surface area contributed by atoms with Crippen LogP contribution in [0.4, 0.5) is 14.9 Å². The van der Waals surface area contributed by atoms with Gasteiger partial charge in [0.15, 0.2) is 0 Å². The summed E-state index contributed by atoms with van der Waals surface area (Å²) in [5.74, 6) is -0.117. The zero-order chi connectivity index (χ0) is 12.4. The average molecular weight is 237 g/mol. The quantitative estimate of drug-likeness (QED) is 0.842. The Bertz CT molecular complexity index is 424. The maximum Gasteiger partial charge on any atom is 0.324 e. The van der Waals surface area contributed by atoms with E-state index in [1.807, 2.05) is 0 Å². The largest absolute Gasteiger partial charge is 0.330 e. The number of anilines is 1. The van der Waals surface area contributed by atoms with Gasteiger partial charge in [-0.25, -0.2) is 9.18 Å². The van der Waals surface area contributed by atoms with E-state index >= 15 is 0 Å². The second-order valence-corrected chi connectivity index (χ2v) is 4.36. The SMILES string of the molecule is CN1CC(CN)CN(c2cccc(F)c2)C1=O. The highest BCUT2D eigenvalue weighted by Gasteiger charge is 2.29. The van der Waals surface area contributed by atoms with Crippen LogP contribution in [-0.4, -0.2) is 37.6 Å². The lowest BCUT2D eigenvalue weighted by molar-refractivity contribution is 0.194. The van der Waals surface area contributed by atoms with Gasteiger partial charge in [0.05, 0.1) is 0 Å². The molecule has 1 heterocycles. The van der Waals surface area contributed by atoms with Crippen molar-refractivity contribution >= 4 is 11.7 Å². The van der Waals surface area contributed by atoms with Crippen LogP contribution in [-0.2, 0) is 0 Å². The minimum Gasteiger partial charge on any atom is -0.330 e. The molecule has 5 heteroatoms. The number of hydrogen-bond donors (Lipinski definition) is 1. The maximum atomic E-state index is 13.1. The van der Waals surface area contributed by atoms with Crippen LogP contribution in [0, 0.1) is 11.7 Å². The molecular weight excluding hydrogens is 221 g/mol. The van der Waals surface area contributed by atoms with Crippen molar-refractivity contribution in [3.8, 4) is 0 Å². The Hall–Kier alpha value is -1.62. The van der Waals surface area contributed by atoms with E-state index in [4.69, 9.17) is 5.73 Å². The standard InChI is InChI=1S/C12H16FN3O/c1-15-7-9(6-14)8-16(12(15)17)11-4-2-3-10(13)5-11/h2-5,9H,6-8,14H2,1H3. The van der Waals surface area contributed by atoms with Crippen LogP contribution >= 0.6 is 0 Å². The minimum absolute atomic E-state index is 0.111. The first-order valence-corrected chi connectivity index (χ1v) is 5.60. The second-order valence-electron chi connectivity index (χ2n) is 4.36. The number of benzene rings is 1. The van der Waals surface area contributed by atoms with Crippen LogP contribution in [0.5, 0.6) is 0 Å². The van der Waals surface area contributed by atoms with Crippen molar-refractivity contribution in [2.24, 2.45) is 11.7 Å². The Labute approximate surface area is 99.8 Å². The molecule has 1 saturated heterocycles. The molecule has 0 bridgehead atoms. The molecule has 1 aromatic carbocycles. The van der Waals surface area contributed by atoms with E-state index in [9.17, 15) is 9.18 Å². The molecule has 1 aromatic rings. The van der Waals surface area contributed by atoms with E-state index < -0.39 is 0 Å². The molecule has 1 fully saturated rings. The first kappa shape index (κ1) is 11.9.